The lowest BCUT2D eigenvalue weighted by atomic mass is 10.2. The fraction of sp³-hybridized carbons (Fsp3) is 0.364. The SMILES string of the molecule is CCOC(=O)c1nnn(CCO)c1-c1cccs1. The first kappa shape index (κ1) is 12.7. The number of aromatic nitrogens is 3. The normalized spacial score (nSPS) is 10.6. The average Bonchev–Trinajstić information content (AvgIpc) is 2.97. The van der Waals surface area contributed by atoms with Crippen LogP contribution >= 0.6 is 11.3 Å². The highest BCUT2D eigenvalue weighted by Crippen LogP contribution is 2.27. The Labute approximate surface area is 108 Å². The van der Waals surface area contributed by atoms with Crippen LogP contribution in [0.4, 0.5) is 0 Å². The third-order valence-electron chi connectivity index (χ3n) is 2.27. The number of hydrogen-bond acceptors (Lipinski definition) is 6. The Kier molecular flexibility index (Phi) is 4.06. The third kappa shape index (κ3) is 2.41. The lowest BCUT2D eigenvalue weighted by Crippen LogP contribution is -2.09. The molecule has 0 aromatic carbocycles. The minimum atomic E-state index is -0.495. The Bertz CT molecular complexity index is 522. The van der Waals surface area contributed by atoms with Crippen LogP contribution in [0.25, 0.3) is 10.6 Å². The van der Waals surface area contributed by atoms with Gasteiger partial charge in [-0.15, -0.1) is 16.4 Å². The molecule has 18 heavy (non-hydrogen) atoms. The minimum Gasteiger partial charge on any atom is -0.461 e. The molecule has 2 heterocycles. The zero-order valence-electron chi connectivity index (χ0n) is 9.87. The first-order valence-electron chi connectivity index (χ1n) is 5.53. The topological polar surface area (TPSA) is 77.2 Å². The Balaban J connectivity index is 2.44. The van der Waals surface area contributed by atoms with Gasteiger partial charge in [-0.25, -0.2) is 9.48 Å². The van der Waals surface area contributed by atoms with Gasteiger partial charge in [0.1, 0.15) is 5.69 Å². The van der Waals surface area contributed by atoms with Crippen LogP contribution in [0.3, 0.4) is 0 Å². The fourth-order valence-electron chi connectivity index (χ4n) is 1.56. The van der Waals surface area contributed by atoms with Crippen molar-refractivity contribution in [2.24, 2.45) is 0 Å². The highest BCUT2D eigenvalue weighted by Gasteiger charge is 2.22. The molecule has 0 atom stereocenters. The number of aliphatic hydroxyl groups excluding tert-OH is 1. The molecule has 96 valence electrons. The molecule has 0 spiro atoms. The summed E-state index contributed by atoms with van der Waals surface area (Å²) >= 11 is 1.48. The number of esters is 1. The maximum atomic E-state index is 11.8. The van der Waals surface area contributed by atoms with Crippen LogP contribution in [0.2, 0.25) is 0 Å². The number of thiophene rings is 1. The van der Waals surface area contributed by atoms with Crippen LogP contribution in [0, 0.1) is 0 Å². The molecule has 0 fully saturated rings. The van der Waals surface area contributed by atoms with Crippen LogP contribution in [-0.2, 0) is 11.3 Å². The summed E-state index contributed by atoms with van der Waals surface area (Å²) in [6.07, 6.45) is 0. The molecule has 0 aliphatic heterocycles. The van der Waals surface area contributed by atoms with Gasteiger partial charge in [-0.2, -0.15) is 0 Å². The van der Waals surface area contributed by atoms with Gasteiger partial charge in [-0.05, 0) is 18.4 Å². The molecule has 0 saturated carbocycles. The van der Waals surface area contributed by atoms with Crippen molar-refractivity contribution in [3.05, 3.63) is 23.2 Å². The van der Waals surface area contributed by atoms with Gasteiger partial charge in [0, 0.05) is 0 Å². The minimum absolute atomic E-state index is 0.0655. The lowest BCUT2D eigenvalue weighted by molar-refractivity contribution is 0.0520. The van der Waals surface area contributed by atoms with Crippen LogP contribution in [-0.4, -0.2) is 39.3 Å². The van der Waals surface area contributed by atoms with Crippen molar-refractivity contribution < 1.29 is 14.6 Å². The number of hydrogen-bond donors (Lipinski definition) is 1. The van der Waals surface area contributed by atoms with Gasteiger partial charge in [0.05, 0.1) is 24.6 Å². The summed E-state index contributed by atoms with van der Waals surface area (Å²) in [6, 6.07) is 3.76. The molecule has 0 amide bonds. The molecule has 2 aromatic heterocycles. The number of aliphatic hydroxyl groups is 1. The number of carbonyl (C=O) groups is 1. The molecule has 1 N–H and O–H groups in total. The van der Waals surface area contributed by atoms with Crippen molar-refractivity contribution in [1.29, 1.82) is 0 Å². The summed E-state index contributed by atoms with van der Waals surface area (Å²) in [7, 11) is 0. The zero-order valence-corrected chi connectivity index (χ0v) is 10.7. The average molecular weight is 267 g/mol. The van der Waals surface area contributed by atoms with E-state index in [0.29, 0.717) is 12.2 Å². The molecule has 2 rings (SSSR count). The Morgan fingerprint density at radius 2 is 2.44 bits per heavy atom. The first-order chi connectivity index (χ1) is 8.77. The fourth-order valence-corrected chi connectivity index (χ4v) is 2.33. The van der Waals surface area contributed by atoms with Gasteiger partial charge >= 0.3 is 5.97 Å². The van der Waals surface area contributed by atoms with Crippen LogP contribution in [0.5, 0.6) is 0 Å². The van der Waals surface area contributed by atoms with Gasteiger partial charge in [-0.1, -0.05) is 11.3 Å². The van der Waals surface area contributed by atoms with E-state index in [1.54, 1.807) is 6.92 Å². The molecular weight excluding hydrogens is 254 g/mol. The van der Waals surface area contributed by atoms with Gasteiger partial charge in [0.15, 0.2) is 5.69 Å². The largest absolute Gasteiger partial charge is 0.461 e. The van der Waals surface area contributed by atoms with Crippen molar-refractivity contribution in [2.45, 2.75) is 13.5 Å². The van der Waals surface area contributed by atoms with Gasteiger partial charge in [-0.3, -0.25) is 0 Å². The third-order valence-corrected chi connectivity index (χ3v) is 3.15. The Morgan fingerprint density at radius 1 is 1.61 bits per heavy atom. The van der Waals surface area contributed by atoms with Crippen molar-refractivity contribution in [3.8, 4) is 10.6 Å². The number of rotatable bonds is 5. The molecular formula is C11H13N3O3S. The second kappa shape index (κ2) is 5.74. The Morgan fingerprint density at radius 3 is 3.06 bits per heavy atom. The van der Waals surface area contributed by atoms with Gasteiger partial charge in [0.25, 0.3) is 0 Å². The quantitative estimate of drug-likeness (QED) is 0.823. The van der Waals surface area contributed by atoms with Crippen LogP contribution in [0.1, 0.15) is 17.4 Å². The molecule has 7 heteroatoms. The van der Waals surface area contributed by atoms with E-state index < -0.39 is 5.97 Å². The van der Waals surface area contributed by atoms with E-state index in [2.05, 4.69) is 10.3 Å². The molecule has 0 saturated heterocycles. The summed E-state index contributed by atoms with van der Waals surface area (Å²) in [5.74, 6) is -0.495. The molecule has 0 unspecified atom stereocenters. The standard InChI is InChI=1S/C11H13N3O3S/c1-2-17-11(16)9-10(8-4-3-7-18-8)14(5-6-15)13-12-9/h3-4,7,15H,2,5-6H2,1H3. The second-order valence-corrected chi connectivity index (χ2v) is 4.38. The van der Waals surface area contributed by atoms with Crippen molar-refractivity contribution in [1.82, 2.24) is 15.0 Å². The predicted octanol–water partition coefficient (Wildman–Crippen LogP) is 1.18. The molecule has 6 nitrogen and oxygen atoms in total. The summed E-state index contributed by atoms with van der Waals surface area (Å²) in [4.78, 5) is 12.7. The summed E-state index contributed by atoms with van der Waals surface area (Å²) in [5.41, 5.74) is 0.783. The van der Waals surface area contributed by atoms with Crippen molar-refractivity contribution >= 4 is 17.3 Å². The van der Waals surface area contributed by atoms with E-state index in [4.69, 9.17) is 9.84 Å². The maximum absolute atomic E-state index is 11.8. The monoisotopic (exact) mass is 267 g/mol. The number of carbonyl (C=O) groups excluding carboxylic acids is 1. The molecule has 0 aliphatic carbocycles. The van der Waals surface area contributed by atoms with Crippen LogP contribution < -0.4 is 0 Å². The van der Waals surface area contributed by atoms with Crippen molar-refractivity contribution in [2.75, 3.05) is 13.2 Å². The maximum Gasteiger partial charge on any atom is 0.361 e. The highest BCUT2D eigenvalue weighted by molar-refractivity contribution is 7.13. The molecule has 0 aliphatic rings. The second-order valence-electron chi connectivity index (χ2n) is 3.43. The van der Waals surface area contributed by atoms with Gasteiger partial charge < -0.3 is 9.84 Å². The smallest absolute Gasteiger partial charge is 0.361 e. The number of ether oxygens (including phenoxy) is 1. The van der Waals surface area contributed by atoms with E-state index in [1.807, 2.05) is 17.5 Å². The van der Waals surface area contributed by atoms with E-state index in [-0.39, 0.29) is 18.9 Å². The summed E-state index contributed by atoms with van der Waals surface area (Å²) < 4.78 is 6.46. The summed E-state index contributed by atoms with van der Waals surface area (Å²) in [6.45, 7) is 2.25. The molecule has 0 radical (unpaired) electrons. The van der Waals surface area contributed by atoms with Crippen molar-refractivity contribution in [3.63, 3.8) is 0 Å². The van der Waals surface area contributed by atoms with Crippen LogP contribution in [0.15, 0.2) is 17.5 Å². The zero-order chi connectivity index (χ0) is 13.0. The first-order valence-corrected chi connectivity index (χ1v) is 6.41. The van der Waals surface area contributed by atoms with E-state index >= 15 is 0 Å². The van der Waals surface area contributed by atoms with E-state index in [9.17, 15) is 4.79 Å². The highest BCUT2D eigenvalue weighted by atomic mass is 32.1. The summed E-state index contributed by atoms with van der Waals surface area (Å²) in [5, 5.41) is 18.6. The Hall–Kier alpha value is -1.73. The molecule has 0 bridgehead atoms. The number of nitrogens with zero attached hydrogens (tertiary/aromatic N) is 3. The lowest BCUT2D eigenvalue weighted by Gasteiger charge is -2.04. The molecule has 2 aromatic rings. The van der Waals surface area contributed by atoms with E-state index in [0.717, 1.165) is 4.88 Å². The predicted molar refractivity (Wildman–Crippen MR) is 66.4 cm³/mol. The van der Waals surface area contributed by atoms with E-state index in [1.165, 1.54) is 16.0 Å². The van der Waals surface area contributed by atoms with Gasteiger partial charge in [0.2, 0.25) is 0 Å².